The number of carbonyl (C=O) groups is 1. The molecule has 29 heavy (non-hydrogen) atoms. The van der Waals surface area contributed by atoms with Gasteiger partial charge in [0.1, 0.15) is 5.82 Å². The number of nitrogens with zero attached hydrogens (tertiary/aromatic N) is 3. The molecule has 4 rings (SSSR count). The molecule has 0 saturated carbocycles. The van der Waals surface area contributed by atoms with Crippen molar-refractivity contribution in [2.45, 2.75) is 23.7 Å². The van der Waals surface area contributed by atoms with Crippen LogP contribution in [0.15, 0.2) is 34.7 Å². The van der Waals surface area contributed by atoms with E-state index in [-0.39, 0.29) is 29.5 Å². The van der Waals surface area contributed by atoms with Crippen LogP contribution in [0.25, 0.3) is 0 Å². The van der Waals surface area contributed by atoms with Gasteiger partial charge in [-0.2, -0.15) is 4.31 Å². The lowest BCUT2D eigenvalue weighted by molar-refractivity contribution is 0.0701. The van der Waals surface area contributed by atoms with Crippen molar-refractivity contribution in [1.82, 2.24) is 14.2 Å². The summed E-state index contributed by atoms with van der Waals surface area (Å²) in [6.07, 6.45) is 3.45. The first-order valence-electron chi connectivity index (χ1n) is 9.53. The van der Waals surface area contributed by atoms with Gasteiger partial charge in [-0.15, -0.1) is 11.3 Å². The predicted molar refractivity (Wildman–Crippen MR) is 106 cm³/mol. The van der Waals surface area contributed by atoms with Crippen LogP contribution in [-0.4, -0.2) is 67.9 Å². The number of hydrogen-bond donors (Lipinski definition) is 0. The molecular weight excluding hydrogens is 417 g/mol. The van der Waals surface area contributed by atoms with Gasteiger partial charge in [0.2, 0.25) is 10.0 Å². The molecule has 1 atom stereocenters. The van der Waals surface area contributed by atoms with Crippen molar-refractivity contribution in [3.05, 3.63) is 46.2 Å². The summed E-state index contributed by atoms with van der Waals surface area (Å²) in [6, 6.07) is 3.43. The van der Waals surface area contributed by atoms with E-state index < -0.39 is 21.7 Å². The fourth-order valence-electron chi connectivity index (χ4n) is 3.73. The zero-order valence-electron chi connectivity index (χ0n) is 15.8. The second kappa shape index (κ2) is 8.47. The molecule has 0 N–H and O–H groups in total. The molecular formula is C19H22FN3O4S2. The number of piperidine rings is 1. The fourth-order valence-corrected chi connectivity index (χ4v) is 5.94. The van der Waals surface area contributed by atoms with Crippen molar-refractivity contribution in [1.29, 1.82) is 0 Å². The van der Waals surface area contributed by atoms with E-state index >= 15 is 0 Å². The Kier molecular flexibility index (Phi) is 5.95. The molecule has 2 fully saturated rings. The van der Waals surface area contributed by atoms with Gasteiger partial charge in [0.05, 0.1) is 28.7 Å². The average molecular weight is 440 g/mol. The molecule has 1 aromatic carbocycles. The van der Waals surface area contributed by atoms with Crippen LogP contribution in [0.4, 0.5) is 4.39 Å². The van der Waals surface area contributed by atoms with Gasteiger partial charge in [-0.3, -0.25) is 4.79 Å². The number of hydrogen-bond acceptors (Lipinski definition) is 6. The highest BCUT2D eigenvalue weighted by atomic mass is 32.2. The second-order valence-corrected chi connectivity index (χ2v) is 9.98. The van der Waals surface area contributed by atoms with Crippen LogP contribution in [0.3, 0.4) is 0 Å². The second-order valence-electron chi connectivity index (χ2n) is 7.12. The Morgan fingerprint density at radius 2 is 2.03 bits per heavy atom. The maximum Gasteiger partial charge on any atom is 0.256 e. The van der Waals surface area contributed by atoms with E-state index in [4.69, 9.17) is 4.74 Å². The van der Waals surface area contributed by atoms with Crippen LogP contribution in [-0.2, 0) is 14.8 Å². The maximum absolute atomic E-state index is 14.5. The van der Waals surface area contributed by atoms with E-state index in [0.717, 1.165) is 30.0 Å². The first kappa shape index (κ1) is 20.4. The zero-order chi connectivity index (χ0) is 20.4. The van der Waals surface area contributed by atoms with Crippen LogP contribution in [0.2, 0.25) is 0 Å². The SMILES string of the molecule is O=C(c1cc(S(=O)(=O)N2CCOCC2)ccc1F)N1CCCC(c2nccs2)C1. The highest BCUT2D eigenvalue weighted by Crippen LogP contribution is 2.30. The molecule has 2 aliphatic heterocycles. The number of amides is 1. The molecule has 10 heteroatoms. The van der Waals surface area contributed by atoms with Crippen molar-refractivity contribution >= 4 is 27.3 Å². The molecule has 0 spiro atoms. The van der Waals surface area contributed by atoms with Crippen molar-refractivity contribution in [2.24, 2.45) is 0 Å². The van der Waals surface area contributed by atoms with Crippen LogP contribution in [0.5, 0.6) is 0 Å². The van der Waals surface area contributed by atoms with Crippen LogP contribution < -0.4 is 0 Å². The number of rotatable bonds is 4. The molecule has 1 aromatic heterocycles. The third-order valence-corrected chi connectivity index (χ3v) is 8.12. The van der Waals surface area contributed by atoms with Gasteiger partial charge in [0, 0.05) is 43.7 Å². The molecule has 7 nitrogen and oxygen atoms in total. The van der Waals surface area contributed by atoms with Gasteiger partial charge < -0.3 is 9.64 Å². The van der Waals surface area contributed by atoms with E-state index in [0.29, 0.717) is 26.3 Å². The van der Waals surface area contributed by atoms with Gasteiger partial charge in [0.15, 0.2) is 0 Å². The van der Waals surface area contributed by atoms with E-state index in [2.05, 4.69) is 4.98 Å². The molecule has 1 amide bonds. The van der Waals surface area contributed by atoms with Crippen LogP contribution in [0.1, 0.15) is 34.1 Å². The number of thiazole rings is 1. The lowest BCUT2D eigenvalue weighted by atomic mass is 9.98. The topological polar surface area (TPSA) is 79.8 Å². The summed E-state index contributed by atoms with van der Waals surface area (Å²) in [5.41, 5.74) is -0.209. The van der Waals surface area contributed by atoms with Crippen molar-refractivity contribution in [3.8, 4) is 0 Å². The smallest absolute Gasteiger partial charge is 0.256 e. The van der Waals surface area contributed by atoms with E-state index in [1.807, 2.05) is 5.38 Å². The summed E-state index contributed by atoms with van der Waals surface area (Å²) in [7, 11) is -3.80. The molecule has 2 saturated heterocycles. The Hall–Kier alpha value is -1.88. The number of sulfonamides is 1. The molecule has 0 aliphatic carbocycles. The first-order valence-corrected chi connectivity index (χ1v) is 11.8. The minimum Gasteiger partial charge on any atom is -0.379 e. The fraction of sp³-hybridized carbons (Fsp3) is 0.474. The largest absolute Gasteiger partial charge is 0.379 e. The standard InChI is InChI=1S/C19H22FN3O4S2/c20-17-4-3-15(29(25,26)23-7-9-27-10-8-23)12-16(17)19(24)22-6-1-2-14(13-22)18-21-5-11-28-18/h3-5,11-12,14H,1-2,6-10,13H2. The number of morpholine rings is 1. The summed E-state index contributed by atoms with van der Waals surface area (Å²) in [5, 5.41) is 2.86. The maximum atomic E-state index is 14.5. The van der Waals surface area contributed by atoms with Gasteiger partial charge in [-0.1, -0.05) is 0 Å². The van der Waals surface area contributed by atoms with E-state index in [1.165, 1.54) is 10.4 Å². The Bertz CT molecular complexity index is 975. The van der Waals surface area contributed by atoms with Gasteiger partial charge in [-0.25, -0.2) is 17.8 Å². The van der Waals surface area contributed by atoms with Crippen molar-refractivity contribution in [3.63, 3.8) is 0 Å². The number of ether oxygens (including phenoxy) is 1. The highest BCUT2D eigenvalue weighted by molar-refractivity contribution is 7.89. The molecule has 0 bridgehead atoms. The van der Waals surface area contributed by atoms with Crippen molar-refractivity contribution in [2.75, 3.05) is 39.4 Å². The predicted octanol–water partition coefficient (Wildman–Crippen LogP) is 2.32. The Labute approximate surface area is 173 Å². The summed E-state index contributed by atoms with van der Waals surface area (Å²) >= 11 is 1.55. The van der Waals surface area contributed by atoms with Crippen LogP contribution in [0, 0.1) is 5.82 Å². The molecule has 1 unspecified atom stereocenters. The summed E-state index contributed by atoms with van der Waals surface area (Å²) in [5.74, 6) is -1.08. The van der Waals surface area contributed by atoms with Gasteiger partial charge >= 0.3 is 0 Å². The lowest BCUT2D eigenvalue weighted by Crippen LogP contribution is -2.41. The number of carbonyl (C=O) groups excluding carboxylic acids is 1. The van der Waals surface area contributed by atoms with E-state index in [9.17, 15) is 17.6 Å². The average Bonchev–Trinajstić information content (AvgIpc) is 3.29. The Morgan fingerprint density at radius 3 is 2.76 bits per heavy atom. The van der Waals surface area contributed by atoms with Crippen LogP contribution >= 0.6 is 11.3 Å². The van der Waals surface area contributed by atoms with Crippen molar-refractivity contribution < 1.29 is 22.3 Å². The Balaban J connectivity index is 1.58. The number of likely N-dealkylation sites (tertiary alicyclic amines) is 1. The summed E-state index contributed by atoms with van der Waals surface area (Å²) in [4.78, 5) is 18.9. The van der Waals surface area contributed by atoms with Gasteiger partial charge in [-0.05, 0) is 31.0 Å². The zero-order valence-corrected chi connectivity index (χ0v) is 17.4. The molecule has 3 heterocycles. The first-order chi connectivity index (χ1) is 14.0. The number of halogens is 1. The number of benzene rings is 1. The Morgan fingerprint density at radius 1 is 1.24 bits per heavy atom. The summed E-state index contributed by atoms with van der Waals surface area (Å²) < 4.78 is 46.7. The minimum absolute atomic E-state index is 0.0716. The lowest BCUT2D eigenvalue weighted by Gasteiger charge is -2.32. The number of aromatic nitrogens is 1. The molecule has 2 aromatic rings. The normalized spacial score (nSPS) is 21.3. The van der Waals surface area contributed by atoms with E-state index in [1.54, 1.807) is 22.4 Å². The van der Waals surface area contributed by atoms with Gasteiger partial charge in [0.25, 0.3) is 5.91 Å². The molecule has 156 valence electrons. The summed E-state index contributed by atoms with van der Waals surface area (Å²) in [6.45, 7) is 2.08. The highest BCUT2D eigenvalue weighted by Gasteiger charge is 2.31. The third-order valence-electron chi connectivity index (χ3n) is 5.29. The molecule has 2 aliphatic rings. The molecule has 0 radical (unpaired) electrons. The third kappa shape index (κ3) is 4.20. The minimum atomic E-state index is -3.80. The quantitative estimate of drug-likeness (QED) is 0.731. The monoisotopic (exact) mass is 439 g/mol.